The van der Waals surface area contributed by atoms with Gasteiger partial charge in [-0.05, 0) is 36.8 Å². The Kier molecular flexibility index (Phi) is 6.85. The third-order valence-corrected chi connectivity index (χ3v) is 5.20. The van der Waals surface area contributed by atoms with Crippen LogP contribution in [-0.4, -0.2) is 56.2 Å². The number of benzene rings is 1. The topological polar surface area (TPSA) is 122 Å². The molecule has 0 bridgehead atoms. The summed E-state index contributed by atoms with van der Waals surface area (Å²) >= 11 is 4.75. The normalized spacial score (nSPS) is 15.7. The number of aryl methyl sites for hydroxylation is 1. The largest absolute Gasteiger partial charge is 0.487 e. The van der Waals surface area contributed by atoms with E-state index in [0.29, 0.717) is 31.0 Å². The first kappa shape index (κ1) is 24.4. The summed E-state index contributed by atoms with van der Waals surface area (Å²) in [6, 6.07) is 6.66. The van der Waals surface area contributed by atoms with Crippen LogP contribution in [-0.2, 0) is 7.05 Å². The summed E-state index contributed by atoms with van der Waals surface area (Å²) in [6.45, 7) is 0.864. The number of pyridine rings is 1. The lowest BCUT2D eigenvalue weighted by Crippen LogP contribution is -2.25. The molecule has 4 rings (SSSR count). The molecule has 3 N–H and O–H groups in total. The predicted molar refractivity (Wildman–Crippen MR) is 124 cm³/mol. The second kappa shape index (κ2) is 9.84. The first-order chi connectivity index (χ1) is 16.6. The minimum atomic E-state index is -3.85. The molecule has 3 heterocycles. The number of nitrogens with one attached hydrogen (secondary N) is 2. The molecule has 0 radical (unpaired) electrons. The molecule has 35 heavy (non-hydrogen) atoms. The number of aliphatic hydroxyl groups is 1. The number of aliphatic hydroxyl groups excluding tert-OH is 1. The molecule has 13 heteroatoms. The monoisotopic (exact) mass is 506 g/mol. The molecule has 10 nitrogen and oxygen atoms in total. The second-order valence-corrected chi connectivity index (χ2v) is 8.33. The number of alkyl halides is 3. The van der Waals surface area contributed by atoms with E-state index in [4.69, 9.17) is 11.6 Å². The van der Waals surface area contributed by atoms with Crippen LogP contribution in [0.15, 0.2) is 49.1 Å². The Balaban J connectivity index is 1.55. The van der Waals surface area contributed by atoms with E-state index in [2.05, 4.69) is 25.3 Å². The first-order valence-electron chi connectivity index (χ1n) is 10.5. The van der Waals surface area contributed by atoms with Gasteiger partial charge in [0.1, 0.15) is 11.4 Å². The Morgan fingerprint density at radius 3 is 2.54 bits per heavy atom. The number of carbonyl (C=O) groups excluding carboxylic acids is 2. The van der Waals surface area contributed by atoms with E-state index < -0.39 is 23.5 Å². The number of aromatic nitrogens is 3. The van der Waals surface area contributed by atoms with E-state index in [9.17, 15) is 23.5 Å². The maximum absolute atomic E-state index is 12.8. The zero-order chi connectivity index (χ0) is 25.2. The summed E-state index contributed by atoms with van der Waals surface area (Å²) in [6.07, 6.45) is 4.40. The van der Waals surface area contributed by atoms with Crippen molar-refractivity contribution in [1.29, 1.82) is 0 Å². The van der Waals surface area contributed by atoms with E-state index in [1.54, 1.807) is 17.8 Å². The highest BCUT2D eigenvalue weighted by molar-refractivity contribution is 6.20. The van der Waals surface area contributed by atoms with E-state index in [1.807, 2.05) is 4.90 Å². The van der Waals surface area contributed by atoms with Crippen molar-refractivity contribution in [3.05, 3.63) is 60.3 Å². The van der Waals surface area contributed by atoms with Crippen LogP contribution in [0.5, 0.6) is 5.75 Å². The Hall–Kier alpha value is -3.77. The third kappa shape index (κ3) is 6.22. The molecule has 2 aromatic heterocycles. The number of hydrogen-bond donors (Lipinski definition) is 3. The van der Waals surface area contributed by atoms with E-state index >= 15 is 0 Å². The average Bonchev–Trinajstić information content (AvgIpc) is 3.42. The van der Waals surface area contributed by atoms with Gasteiger partial charge in [0, 0.05) is 49.8 Å². The van der Waals surface area contributed by atoms with Gasteiger partial charge in [-0.3, -0.25) is 9.59 Å². The van der Waals surface area contributed by atoms with Gasteiger partial charge < -0.3 is 29.9 Å². The van der Waals surface area contributed by atoms with E-state index in [0.717, 1.165) is 0 Å². The van der Waals surface area contributed by atoms with Crippen LogP contribution in [0.25, 0.3) is 0 Å². The van der Waals surface area contributed by atoms with Crippen LogP contribution in [0.3, 0.4) is 0 Å². The molecule has 2 amide bonds. The van der Waals surface area contributed by atoms with Gasteiger partial charge in [-0.1, -0.05) is 0 Å². The molecule has 0 spiro atoms. The van der Waals surface area contributed by atoms with Crippen molar-refractivity contribution in [2.24, 2.45) is 7.05 Å². The summed E-state index contributed by atoms with van der Waals surface area (Å²) in [5, 5.41) is 15.3. The highest BCUT2D eigenvalue weighted by atomic mass is 35.5. The Morgan fingerprint density at radius 1 is 1.20 bits per heavy atom. The number of ether oxygens (including phenoxy) is 1. The molecule has 3 aromatic rings. The van der Waals surface area contributed by atoms with Gasteiger partial charge in [0.25, 0.3) is 11.8 Å². The van der Waals surface area contributed by atoms with Crippen LogP contribution >= 0.6 is 11.6 Å². The van der Waals surface area contributed by atoms with Crippen LogP contribution in [0.4, 0.5) is 26.0 Å². The molecular formula is C22H21ClF2N6O4. The zero-order valence-corrected chi connectivity index (χ0v) is 19.2. The quantitative estimate of drug-likeness (QED) is 0.421. The minimum Gasteiger partial charge on any atom is -0.420 e. The van der Waals surface area contributed by atoms with Crippen molar-refractivity contribution in [2.45, 2.75) is 18.1 Å². The van der Waals surface area contributed by atoms with Crippen LogP contribution in [0, 0.1) is 0 Å². The smallest absolute Gasteiger partial charge is 0.420 e. The number of nitrogens with zero attached hydrogens (tertiary/aromatic N) is 4. The SMILES string of the molecule is Cn1cnc(C(=O)Nc2cc(C(=O)Nc3ccc(OC(F)(F)Cl)cc3)cnc2N2CC[C@@H](O)C2)c1. The molecule has 0 saturated carbocycles. The fraction of sp³-hybridized carbons (Fsp3) is 0.273. The Labute approximate surface area is 203 Å². The fourth-order valence-corrected chi connectivity index (χ4v) is 3.61. The lowest BCUT2D eigenvalue weighted by atomic mass is 10.2. The van der Waals surface area contributed by atoms with Crippen LogP contribution in [0.2, 0.25) is 0 Å². The third-order valence-electron chi connectivity index (χ3n) is 5.12. The highest BCUT2D eigenvalue weighted by Crippen LogP contribution is 2.29. The van der Waals surface area contributed by atoms with Gasteiger partial charge in [-0.15, -0.1) is 8.78 Å². The summed E-state index contributed by atoms with van der Waals surface area (Å²) in [4.78, 5) is 35.7. The van der Waals surface area contributed by atoms with Crippen molar-refractivity contribution in [2.75, 3.05) is 28.6 Å². The van der Waals surface area contributed by atoms with Gasteiger partial charge >= 0.3 is 5.57 Å². The second-order valence-electron chi connectivity index (χ2n) is 7.89. The summed E-state index contributed by atoms with van der Waals surface area (Å²) in [7, 11) is 1.73. The number of amides is 2. The number of rotatable bonds is 7. The molecule has 1 saturated heterocycles. The predicted octanol–water partition coefficient (Wildman–Crippen LogP) is 3.06. The average molecular weight is 507 g/mol. The first-order valence-corrected chi connectivity index (χ1v) is 10.8. The van der Waals surface area contributed by atoms with Gasteiger partial charge in [-0.2, -0.15) is 0 Å². The fourth-order valence-electron chi connectivity index (χ4n) is 3.52. The maximum atomic E-state index is 12.8. The number of imidazole rings is 1. The number of hydrogen-bond acceptors (Lipinski definition) is 7. The molecule has 184 valence electrons. The minimum absolute atomic E-state index is 0.137. The molecule has 1 aliphatic heterocycles. The molecule has 0 unspecified atom stereocenters. The van der Waals surface area contributed by atoms with Crippen LogP contribution < -0.4 is 20.3 Å². The molecule has 0 aliphatic carbocycles. The lowest BCUT2D eigenvalue weighted by Gasteiger charge is -2.21. The van der Waals surface area contributed by atoms with Gasteiger partial charge in [0.15, 0.2) is 5.82 Å². The Morgan fingerprint density at radius 2 is 1.94 bits per heavy atom. The van der Waals surface area contributed by atoms with Gasteiger partial charge in [0.2, 0.25) is 0 Å². The molecule has 1 atom stereocenters. The lowest BCUT2D eigenvalue weighted by molar-refractivity contribution is -0.0964. The summed E-state index contributed by atoms with van der Waals surface area (Å²) < 4.78 is 31.4. The van der Waals surface area contributed by atoms with E-state index in [-0.39, 0.29) is 22.7 Å². The molecule has 1 fully saturated rings. The molecule has 1 aliphatic rings. The Bertz CT molecular complexity index is 1230. The van der Waals surface area contributed by atoms with Gasteiger partial charge in [-0.25, -0.2) is 9.97 Å². The van der Waals surface area contributed by atoms with Crippen molar-refractivity contribution in [3.63, 3.8) is 0 Å². The number of halogens is 3. The summed E-state index contributed by atoms with van der Waals surface area (Å²) in [5.74, 6) is -0.806. The van der Waals surface area contributed by atoms with Crippen molar-refractivity contribution >= 4 is 40.6 Å². The van der Waals surface area contributed by atoms with Crippen molar-refractivity contribution < 1.29 is 28.2 Å². The summed E-state index contributed by atoms with van der Waals surface area (Å²) in [5.41, 5.74) is -2.95. The zero-order valence-electron chi connectivity index (χ0n) is 18.4. The van der Waals surface area contributed by atoms with Crippen LogP contribution in [0.1, 0.15) is 27.3 Å². The molecular weight excluding hydrogens is 486 g/mol. The maximum Gasteiger partial charge on any atom is 0.487 e. The number of carbonyl (C=O) groups is 2. The number of anilines is 3. The standard InChI is InChI=1S/C22H21ClF2N6O4/c1-30-11-18(27-12-30)21(34)29-17-8-13(9-26-19(17)31-7-6-15(32)10-31)20(33)28-14-2-4-16(5-3-14)35-22(23,24)25/h2-5,8-9,11-12,15,32H,6-7,10H2,1H3,(H,28,33)(H,29,34)/t15-/m1/s1. The van der Waals surface area contributed by atoms with Crippen molar-refractivity contribution in [3.8, 4) is 5.75 Å². The highest BCUT2D eigenvalue weighted by Gasteiger charge is 2.28. The van der Waals surface area contributed by atoms with Crippen molar-refractivity contribution in [1.82, 2.24) is 14.5 Å². The van der Waals surface area contributed by atoms with E-state index in [1.165, 1.54) is 42.9 Å². The molecule has 1 aromatic carbocycles. The van der Waals surface area contributed by atoms with Gasteiger partial charge in [0.05, 0.1) is 23.7 Å². The number of β-amino-alcohol motifs (C(OH)–C–C–N with tert-alkyl or cyclic N) is 1.